The summed E-state index contributed by atoms with van der Waals surface area (Å²) in [5.74, 6) is 0.0172. The zero-order valence-corrected chi connectivity index (χ0v) is 8.36. The standard InChI is InChI=1S/C9H16N4O/c1-8-6-12-13(7-8)5-2-9(14)11-4-3-10/h6-7H,2-5,10H2,1H3,(H,11,14). The molecule has 5 heteroatoms. The smallest absolute Gasteiger partial charge is 0.221 e. The highest BCUT2D eigenvalue weighted by Gasteiger charge is 2.00. The maximum absolute atomic E-state index is 11.2. The minimum Gasteiger partial charge on any atom is -0.355 e. The summed E-state index contributed by atoms with van der Waals surface area (Å²) >= 11 is 0. The molecule has 1 aromatic heterocycles. The second-order valence-electron chi connectivity index (χ2n) is 3.17. The van der Waals surface area contributed by atoms with E-state index in [9.17, 15) is 4.79 Å². The van der Waals surface area contributed by atoms with Crippen molar-refractivity contribution in [2.75, 3.05) is 13.1 Å². The summed E-state index contributed by atoms with van der Waals surface area (Å²) in [6.07, 6.45) is 4.13. The van der Waals surface area contributed by atoms with Crippen molar-refractivity contribution in [3.63, 3.8) is 0 Å². The predicted molar refractivity (Wildman–Crippen MR) is 53.6 cm³/mol. The van der Waals surface area contributed by atoms with Crippen LogP contribution in [0.2, 0.25) is 0 Å². The topological polar surface area (TPSA) is 72.9 Å². The van der Waals surface area contributed by atoms with Crippen molar-refractivity contribution in [1.82, 2.24) is 15.1 Å². The molecule has 0 fully saturated rings. The van der Waals surface area contributed by atoms with Gasteiger partial charge >= 0.3 is 0 Å². The van der Waals surface area contributed by atoms with E-state index in [1.165, 1.54) is 0 Å². The highest BCUT2D eigenvalue weighted by atomic mass is 16.1. The van der Waals surface area contributed by atoms with Gasteiger partial charge in [0.1, 0.15) is 0 Å². The Morgan fingerprint density at radius 2 is 2.50 bits per heavy atom. The van der Waals surface area contributed by atoms with Crippen LogP contribution in [0.3, 0.4) is 0 Å². The first-order valence-electron chi connectivity index (χ1n) is 4.68. The van der Waals surface area contributed by atoms with Crippen LogP contribution in [0.5, 0.6) is 0 Å². The van der Waals surface area contributed by atoms with Crippen LogP contribution in [0.25, 0.3) is 0 Å². The van der Waals surface area contributed by atoms with Gasteiger partial charge in [-0.1, -0.05) is 0 Å². The van der Waals surface area contributed by atoms with Gasteiger partial charge < -0.3 is 11.1 Å². The van der Waals surface area contributed by atoms with E-state index < -0.39 is 0 Å². The zero-order chi connectivity index (χ0) is 10.4. The molecule has 3 N–H and O–H groups in total. The number of carbonyl (C=O) groups is 1. The summed E-state index contributed by atoms with van der Waals surface area (Å²) in [5, 5.41) is 6.78. The fraction of sp³-hybridized carbons (Fsp3) is 0.556. The number of carbonyl (C=O) groups excluding carboxylic acids is 1. The van der Waals surface area contributed by atoms with Crippen molar-refractivity contribution in [3.8, 4) is 0 Å². The monoisotopic (exact) mass is 196 g/mol. The van der Waals surface area contributed by atoms with Crippen LogP contribution in [0, 0.1) is 6.92 Å². The molecule has 14 heavy (non-hydrogen) atoms. The number of amides is 1. The number of aromatic nitrogens is 2. The summed E-state index contributed by atoms with van der Waals surface area (Å²) in [4.78, 5) is 11.2. The van der Waals surface area contributed by atoms with Crippen molar-refractivity contribution in [1.29, 1.82) is 0 Å². The number of nitrogens with one attached hydrogen (secondary N) is 1. The van der Waals surface area contributed by atoms with E-state index in [4.69, 9.17) is 5.73 Å². The predicted octanol–water partition coefficient (Wildman–Crippen LogP) is -0.343. The normalized spacial score (nSPS) is 10.1. The summed E-state index contributed by atoms with van der Waals surface area (Å²) < 4.78 is 1.76. The number of nitrogens with two attached hydrogens (primary N) is 1. The molecule has 0 aliphatic heterocycles. The minimum atomic E-state index is 0.0172. The van der Waals surface area contributed by atoms with E-state index in [0.717, 1.165) is 5.56 Å². The maximum Gasteiger partial charge on any atom is 0.221 e. The van der Waals surface area contributed by atoms with Crippen molar-refractivity contribution >= 4 is 5.91 Å². The lowest BCUT2D eigenvalue weighted by Gasteiger charge is -2.03. The van der Waals surface area contributed by atoms with E-state index in [1.54, 1.807) is 10.9 Å². The third-order valence-electron chi connectivity index (χ3n) is 1.80. The minimum absolute atomic E-state index is 0.0172. The third kappa shape index (κ3) is 3.57. The third-order valence-corrected chi connectivity index (χ3v) is 1.80. The first kappa shape index (κ1) is 10.7. The summed E-state index contributed by atoms with van der Waals surface area (Å²) in [6, 6.07) is 0. The fourth-order valence-corrected chi connectivity index (χ4v) is 1.11. The van der Waals surface area contributed by atoms with E-state index in [0.29, 0.717) is 26.1 Å². The number of hydrogen-bond acceptors (Lipinski definition) is 3. The van der Waals surface area contributed by atoms with Crippen molar-refractivity contribution in [2.45, 2.75) is 19.9 Å². The van der Waals surface area contributed by atoms with Crippen LogP contribution < -0.4 is 11.1 Å². The summed E-state index contributed by atoms with van der Waals surface area (Å²) in [7, 11) is 0. The second-order valence-corrected chi connectivity index (χ2v) is 3.17. The Balaban J connectivity index is 2.23. The molecule has 1 amide bonds. The van der Waals surface area contributed by atoms with Crippen LogP contribution in [0.15, 0.2) is 12.4 Å². The average molecular weight is 196 g/mol. The molecule has 1 aromatic rings. The molecular weight excluding hydrogens is 180 g/mol. The van der Waals surface area contributed by atoms with E-state index in [2.05, 4.69) is 10.4 Å². The molecule has 0 radical (unpaired) electrons. The Labute approximate surface area is 83.3 Å². The molecule has 78 valence electrons. The maximum atomic E-state index is 11.2. The van der Waals surface area contributed by atoms with Gasteiger partial charge in [0.15, 0.2) is 0 Å². The Hall–Kier alpha value is -1.36. The van der Waals surface area contributed by atoms with Gasteiger partial charge in [0.2, 0.25) is 5.91 Å². The number of aryl methyl sites for hydroxylation is 2. The van der Waals surface area contributed by atoms with Crippen LogP contribution in [0.4, 0.5) is 0 Å². The van der Waals surface area contributed by atoms with Crippen LogP contribution in [-0.2, 0) is 11.3 Å². The molecular formula is C9H16N4O. The fourth-order valence-electron chi connectivity index (χ4n) is 1.11. The summed E-state index contributed by atoms with van der Waals surface area (Å²) in [6.45, 7) is 3.60. The molecule has 1 heterocycles. The molecule has 5 nitrogen and oxygen atoms in total. The number of nitrogens with zero attached hydrogens (tertiary/aromatic N) is 2. The number of rotatable bonds is 5. The van der Waals surface area contributed by atoms with Crippen LogP contribution >= 0.6 is 0 Å². The SMILES string of the molecule is Cc1cnn(CCC(=O)NCCN)c1. The molecule has 0 saturated heterocycles. The first-order valence-corrected chi connectivity index (χ1v) is 4.68. The lowest BCUT2D eigenvalue weighted by atomic mass is 10.4. The molecule has 0 unspecified atom stereocenters. The van der Waals surface area contributed by atoms with Gasteiger partial charge in [0, 0.05) is 32.3 Å². The van der Waals surface area contributed by atoms with Gasteiger partial charge in [-0.05, 0) is 12.5 Å². The van der Waals surface area contributed by atoms with Gasteiger partial charge in [-0.15, -0.1) is 0 Å². The van der Waals surface area contributed by atoms with Gasteiger partial charge in [-0.3, -0.25) is 9.48 Å². The Bertz CT molecular complexity index is 295. The molecule has 0 saturated carbocycles. The Kier molecular flexibility index (Phi) is 4.12. The van der Waals surface area contributed by atoms with Crippen molar-refractivity contribution in [2.24, 2.45) is 5.73 Å². The molecule has 0 aliphatic rings. The Morgan fingerprint density at radius 1 is 1.71 bits per heavy atom. The lowest BCUT2D eigenvalue weighted by molar-refractivity contribution is -0.121. The van der Waals surface area contributed by atoms with Gasteiger partial charge in [0.25, 0.3) is 0 Å². The van der Waals surface area contributed by atoms with Crippen molar-refractivity contribution < 1.29 is 4.79 Å². The second kappa shape index (κ2) is 5.39. The number of hydrogen-bond donors (Lipinski definition) is 2. The molecule has 0 spiro atoms. The van der Waals surface area contributed by atoms with Crippen molar-refractivity contribution in [3.05, 3.63) is 18.0 Å². The van der Waals surface area contributed by atoms with E-state index in [1.807, 2.05) is 13.1 Å². The molecule has 0 atom stereocenters. The van der Waals surface area contributed by atoms with Crippen LogP contribution in [-0.4, -0.2) is 28.8 Å². The largest absolute Gasteiger partial charge is 0.355 e. The first-order chi connectivity index (χ1) is 6.72. The highest BCUT2D eigenvalue weighted by Crippen LogP contribution is 1.95. The van der Waals surface area contributed by atoms with Gasteiger partial charge in [-0.2, -0.15) is 5.10 Å². The summed E-state index contributed by atoms with van der Waals surface area (Å²) in [5.41, 5.74) is 6.36. The molecule has 0 aromatic carbocycles. The average Bonchev–Trinajstić information content (AvgIpc) is 2.58. The zero-order valence-electron chi connectivity index (χ0n) is 8.36. The molecule has 0 aliphatic carbocycles. The van der Waals surface area contributed by atoms with E-state index >= 15 is 0 Å². The van der Waals surface area contributed by atoms with Crippen LogP contribution in [0.1, 0.15) is 12.0 Å². The van der Waals surface area contributed by atoms with Gasteiger partial charge in [-0.25, -0.2) is 0 Å². The van der Waals surface area contributed by atoms with E-state index in [-0.39, 0.29) is 5.91 Å². The highest BCUT2D eigenvalue weighted by molar-refractivity contribution is 5.75. The Morgan fingerprint density at radius 3 is 3.07 bits per heavy atom. The van der Waals surface area contributed by atoms with Gasteiger partial charge in [0.05, 0.1) is 6.20 Å². The molecule has 0 bridgehead atoms. The lowest BCUT2D eigenvalue weighted by Crippen LogP contribution is -2.29. The molecule has 1 rings (SSSR count). The quantitative estimate of drug-likeness (QED) is 0.676.